The molecule has 3 nitrogen and oxygen atoms in total. The Balaban J connectivity index is 1.66. The molecule has 1 N–H and O–H groups in total. The van der Waals surface area contributed by atoms with Crippen molar-refractivity contribution in [1.82, 2.24) is 15.3 Å². The molecule has 4 heteroatoms. The lowest BCUT2D eigenvalue weighted by atomic mass is 10.4. The predicted octanol–water partition coefficient (Wildman–Crippen LogP) is 1.63. The summed E-state index contributed by atoms with van der Waals surface area (Å²) in [4.78, 5) is 8.47. The molecule has 1 saturated carbocycles. The Morgan fingerprint density at radius 3 is 2.79 bits per heavy atom. The van der Waals surface area contributed by atoms with Gasteiger partial charge in [-0.25, -0.2) is 9.97 Å². The van der Waals surface area contributed by atoms with Gasteiger partial charge in [-0.1, -0.05) is 11.8 Å². The molecule has 0 saturated heterocycles. The number of thioether (sulfide) groups is 1. The zero-order valence-electron chi connectivity index (χ0n) is 8.36. The van der Waals surface area contributed by atoms with Gasteiger partial charge < -0.3 is 5.32 Å². The first-order valence-corrected chi connectivity index (χ1v) is 5.98. The van der Waals surface area contributed by atoms with Crippen LogP contribution in [0.25, 0.3) is 0 Å². The van der Waals surface area contributed by atoms with Gasteiger partial charge in [0.1, 0.15) is 0 Å². The number of nitrogens with one attached hydrogen (secondary N) is 1. The van der Waals surface area contributed by atoms with E-state index in [9.17, 15) is 0 Å². The van der Waals surface area contributed by atoms with Crippen LogP contribution >= 0.6 is 11.8 Å². The summed E-state index contributed by atoms with van der Waals surface area (Å²) >= 11 is 1.71. The molecule has 1 fully saturated rings. The number of nitrogens with zero attached hydrogens (tertiary/aromatic N) is 2. The summed E-state index contributed by atoms with van der Waals surface area (Å²) in [5, 5.41) is 4.34. The highest BCUT2D eigenvalue weighted by molar-refractivity contribution is 7.99. The van der Waals surface area contributed by atoms with Crippen molar-refractivity contribution in [1.29, 1.82) is 0 Å². The average Bonchev–Trinajstić information content (AvgIpc) is 2.99. The maximum absolute atomic E-state index is 4.23. The number of hydrogen-bond acceptors (Lipinski definition) is 4. The first kappa shape index (κ1) is 9.93. The van der Waals surface area contributed by atoms with E-state index in [0.717, 1.165) is 29.1 Å². The second-order valence-electron chi connectivity index (χ2n) is 3.62. The van der Waals surface area contributed by atoms with Gasteiger partial charge in [-0.05, 0) is 25.3 Å². The number of rotatable bonds is 5. The highest BCUT2D eigenvalue weighted by Gasteiger charge is 2.19. The van der Waals surface area contributed by atoms with E-state index in [-0.39, 0.29) is 0 Å². The molecular formula is C10H15N3S. The first-order chi connectivity index (χ1) is 6.84. The van der Waals surface area contributed by atoms with Gasteiger partial charge in [0.05, 0.1) is 0 Å². The largest absolute Gasteiger partial charge is 0.313 e. The molecule has 1 aliphatic carbocycles. The summed E-state index contributed by atoms with van der Waals surface area (Å²) < 4.78 is 0. The van der Waals surface area contributed by atoms with Gasteiger partial charge in [0.25, 0.3) is 0 Å². The van der Waals surface area contributed by atoms with Crippen molar-refractivity contribution in [2.75, 3.05) is 12.3 Å². The van der Waals surface area contributed by atoms with Crippen LogP contribution in [-0.2, 0) is 0 Å². The van der Waals surface area contributed by atoms with E-state index in [0.29, 0.717) is 0 Å². The third-order valence-electron chi connectivity index (χ3n) is 2.10. The van der Waals surface area contributed by atoms with Crippen molar-refractivity contribution in [3.63, 3.8) is 0 Å². The molecule has 0 aromatic carbocycles. The third kappa shape index (κ3) is 3.27. The minimum atomic E-state index is 0.800. The van der Waals surface area contributed by atoms with E-state index in [1.807, 2.05) is 19.3 Å². The van der Waals surface area contributed by atoms with E-state index >= 15 is 0 Å². The van der Waals surface area contributed by atoms with Crippen LogP contribution in [0.3, 0.4) is 0 Å². The molecule has 1 heterocycles. The normalized spacial score (nSPS) is 15.8. The van der Waals surface area contributed by atoms with Gasteiger partial charge >= 0.3 is 0 Å². The van der Waals surface area contributed by atoms with Gasteiger partial charge in [0, 0.05) is 30.7 Å². The summed E-state index contributed by atoms with van der Waals surface area (Å²) in [7, 11) is 0. The molecule has 0 radical (unpaired) electrons. The monoisotopic (exact) mass is 209 g/mol. The van der Waals surface area contributed by atoms with E-state index in [4.69, 9.17) is 0 Å². The summed E-state index contributed by atoms with van der Waals surface area (Å²) in [5.41, 5.74) is 1.12. The standard InChI is InChI=1S/C10H15N3S/c1-8-6-12-10(13-7-8)14-5-4-11-9-2-3-9/h6-7,9,11H,2-5H2,1H3. The fourth-order valence-corrected chi connectivity index (χ4v) is 1.81. The van der Waals surface area contributed by atoms with Gasteiger partial charge in [-0.15, -0.1) is 0 Å². The second kappa shape index (κ2) is 4.75. The average molecular weight is 209 g/mol. The highest BCUT2D eigenvalue weighted by Crippen LogP contribution is 2.18. The molecule has 0 spiro atoms. The summed E-state index contributed by atoms with van der Waals surface area (Å²) in [6.07, 6.45) is 6.44. The van der Waals surface area contributed by atoms with Crippen molar-refractivity contribution in [2.24, 2.45) is 0 Å². The lowest BCUT2D eigenvalue weighted by Crippen LogP contribution is -2.19. The van der Waals surface area contributed by atoms with Crippen LogP contribution in [0, 0.1) is 6.92 Å². The smallest absolute Gasteiger partial charge is 0.187 e. The Morgan fingerprint density at radius 2 is 2.14 bits per heavy atom. The maximum atomic E-state index is 4.23. The van der Waals surface area contributed by atoms with E-state index in [2.05, 4.69) is 15.3 Å². The number of aromatic nitrogens is 2. The third-order valence-corrected chi connectivity index (χ3v) is 2.98. The Kier molecular flexibility index (Phi) is 3.37. The first-order valence-electron chi connectivity index (χ1n) is 4.99. The van der Waals surface area contributed by atoms with E-state index < -0.39 is 0 Å². The fraction of sp³-hybridized carbons (Fsp3) is 0.600. The molecule has 0 amide bonds. The molecule has 0 bridgehead atoms. The molecule has 14 heavy (non-hydrogen) atoms. The minimum Gasteiger partial charge on any atom is -0.313 e. The van der Waals surface area contributed by atoms with Crippen molar-refractivity contribution < 1.29 is 0 Å². The van der Waals surface area contributed by atoms with Crippen LogP contribution in [0.4, 0.5) is 0 Å². The number of hydrogen-bond donors (Lipinski definition) is 1. The van der Waals surface area contributed by atoms with Crippen LogP contribution < -0.4 is 5.32 Å². The summed E-state index contributed by atoms with van der Waals surface area (Å²) in [6.45, 7) is 3.07. The summed E-state index contributed by atoms with van der Waals surface area (Å²) in [6, 6.07) is 0.800. The van der Waals surface area contributed by atoms with Crippen LogP contribution in [-0.4, -0.2) is 28.3 Å². The Labute approximate surface area is 88.7 Å². The van der Waals surface area contributed by atoms with Crippen LogP contribution in [0.2, 0.25) is 0 Å². The molecule has 2 rings (SSSR count). The topological polar surface area (TPSA) is 37.8 Å². The Bertz CT molecular complexity index is 282. The van der Waals surface area contributed by atoms with E-state index in [1.165, 1.54) is 12.8 Å². The predicted molar refractivity (Wildman–Crippen MR) is 58.5 cm³/mol. The number of aryl methyl sites for hydroxylation is 1. The molecule has 1 aromatic rings. The minimum absolute atomic E-state index is 0.800. The fourth-order valence-electron chi connectivity index (χ4n) is 1.15. The maximum Gasteiger partial charge on any atom is 0.187 e. The zero-order chi connectivity index (χ0) is 9.80. The van der Waals surface area contributed by atoms with Gasteiger partial charge in [0.2, 0.25) is 0 Å². The van der Waals surface area contributed by atoms with Gasteiger partial charge in [-0.3, -0.25) is 0 Å². The summed E-state index contributed by atoms with van der Waals surface area (Å²) in [5.74, 6) is 1.06. The molecule has 0 atom stereocenters. The van der Waals surface area contributed by atoms with Gasteiger partial charge in [0.15, 0.2) is 5.16 Å². The molecule has 0 aliphatic heterocycles. The molecular weight excluding hydrogens is 194 g/mol. The van der Waals surface area contributed by atoms with Crippen LogP contribution in [0.15, 0.2) is 17.6 Å². The lowest BCUT2D eigenvalue weighted by Gasteiger charge is -2.01. The molecule has 0 unspecified atom stereocenters. The molecule has 1 aliphatic rings. The van der Waals surface area contributed by atoms with Crippen molar-refractivity contribution in [3.05, 3.63) is 18.0 Å². The van der Waals surface area contributed by atoms with Crippen molar-refractivity contribution >= 4 is 11.8 Å². The quantitative estimate of drug-likeness (QED) is 0.454. The second-order valence-corrected chi connectivity index (χ2v) is 4.68. The van der Waals surface area contributed by atoms with Crippen molar-refractivity contribution in [3.8, 4) is 0 Å². The molecule has 1 aromatic heterocycles. The molecule has 76 valence electrons. The van der Waals surface area contributed by atoms with Crippen LogP contribution in [0.5, 0.6) is 0 Å². The Hall–Kier alpha value is -0.610. The SMILES string of the molecule is Cc1cnc(SCCNC2CC2)nc1. The highest BCUT2D eigenvalue weighted by atomic mass is 32.2. The van der Waals surface area contributed by atoms with Crippen molar-refractivity contribution in [2.45, 2.75) is 31.0 Å². The lowest BCUT2D eigenvalue weighted by molar-refractivity contribution is 0.725. The zero-order valence-corrected chi connectivity index (χ0v) is 9.18. The van der Waals surface area contributed by atoms with Crippen LogP contribution in [0.1, 0.15) is 18.4 Å². The van der Waals surface area contributed by atoms with E-state index in [1.54, 1.807) is 11.8 Å². The van der Waals surface area contributed by atoms with Gasteiger partial charge in [-0.2, -0.15) is 0 Å². The Morgan fingerprint density at radius 1 is 1.43 bits per heavy atom.